The second-order valence-corrected chi connectivity index (χ2v) is 7.53. The van der Waals surface area contributed by atoms with Crippen molar-refractivity contribution in [2.75, 3.05) is 12.0 Å². The quantitative estimate of drug-likeness (QED) is 0.905. The second-order valence-electron chi connectivity index (χ2n) is 6.00. The molecule has 0 fully saturated rings. The van der Waals surface area contributed by atoms with Crippen molar-refractivity contribution >= 4 is 21.6 Å². The third-order valence-corrected chi connectivity index (χ3v) is 5.22. The number of sulfonamides is 1. The van der Waals surface area contributed by atoms with Crippen molar-refractivity contribution in [3.63, 3.8) is 0 Å². The van der Waals surface area contributed by atoms with Crippen molar-refractivity contribution in [3.05, 3.63) is 53.6 Å². The number of methoxy groups -OCH3 is 1. The fourth-order valence-electron chi connectivity index (χ4n) is 3.06. The fourth-order valence-corrected chi connectivity index (χ4v) is 3.79. The number of carbonyl (C=O) groups is 1. The average molecular weight is 360 g/mol. The molecule has 1 heterocycles. The van der Waals surface area contributed by atoms with Gasteiger partial charge in [-0.05, 0) is 30.0 Å². The van der Waals surface area contributed by atoms with Crippen LogP contribution in [0.15, 0.2) is 47.4 Å². The molecule has 0 atom stereocenters. The molecule has 2 aromatic rings. The highest BCUT2D eigenvalue weighted by Crippen LogP contribution is 2.36. The predicted molar refractivity (Wildman–Crippen MR) is 94.9 cm³/mol. The zero-order valence-electron chi connectivity index (χ0n) is 13.9. The molecule has 0 aromatic heterocycles. The van der Waals surface area contributed by atoms with Gasteiger partial charge in [0.1, 0.15) is 10.6 Å². The number of hydrogen-bond donors (Lipinski definition) is 1. The van der Waals surface area contributed by atoms with Crippen LogP contribution in [0.1, 0.15) is 24.0 Å². The smallest absolute Gasteiger partial charge is 0.241 e. The highest BCUT2D eigenvalue weighted by Gasteiger charge is 2.26. The summed E-state index contributed by atoms with van der Waals surface area (Å²) in [7, 11) is -2.52. The first-order chi connectivity index (χ1) is 11.9. The van der Waals surface area contributed by atoms with E-state index in [-0.39, 0.29) is 16.6 Å². The first-order valence-electron chi connectivity index (χ1n) is 7.98. The van der Waals surface area contributed by atoms with Gasteiger partial charge in [0.2, 0.25) is 15.9 Å². The average Bonchev–Trinajstić information content (AvgIpc) is 2.73. The molecule has 0 bridgehead atoms. The number of benzene rings is 2. The van der Waals surface area contributed by atoms with Crippen molar-refractivity contribution in [2.24, 2.45) is 5.14 Å². The molecule has 132 valence electrons. The van der Waals surface area contributed by atoms with E-state index in [1.54, 1.807) is 11.0 Å². The third-order valence-electron chi connectivity index (χ3n) is 4.28. The first-order valence-corrected chi connectivity index (χ1v) is 9.53. The molecule has 0 radical (unpaired) electrons. The minimum absolute atomic E-state index is 0.00742. The van der Waals surface area contributed by atoms with Crippen molar-refractivity contribution in [1.82, 2.24) is 0 Å². The highest BCUT2D eigenvalue weighted by molar-refractivity contribution is 7.89. The Morgan fingerprint density at radius 2 is 1.88 bits per heavy atom. The van der Waals surface area contributed by atoms with E-state index in [0.717, 1.165) is 11.1 Å². The van der Waals surface area contributed by atoms with Gasteiger partial charge in [-0.2, -0.15) is 0 Å². The zero-order valence-corrected chi connectivity index (χ0v) is 14.8. The molecule has 0 saturated heterocycles. The second kappa shape index (κ2) is 6.85. The molecule has 1 amide bonds. The maximum Gasteiger partial charge on any atom is 0.241 e. The van der Waals surface area contributed by atoms with Crippen LogP contribution in [0.5, 0.6) is 5.75 Å². The van der Waals surface area contributed by atoms with Crippen molar-refractivity contribution in [3.8, 4) is 5.75 Å². The topological polar surface area (TPSA) is 89.7 Å². The van der Waals surface area contributed by atoms with Gasteiger partial charge >= 0.3 is 0 Å². The Labute approximate surface area is 147 Å². The monoisotopic (exact) mass is 360 g/mol. The predicted octanol–water partition coefficient (Wildman–Crippen LogP) is 2.21. The van der Waals surface area contributed by atoms with E-state index in [4.69, 9.17) is 9.88 Å². The number of hydrogen-bond acceptors (Lipinski definition) is 4. The summed E-state index contributed by atoms with van der Waals surface area (Å²) in [5.74, 6) is 0.155. The standard InChI is InChI=1S/C18H20N2O4S/c1-24-16-11-15-14(10-17(16)25(19,22)23)8-5-9-18(21)20(15)12-13-6-3-2-4-7-13/h2-4,6-7,10-11H,5,8-9,12H2,1H3,(H2,19,22,23). The molecule has 6 nitrogen and oxygen atoms in total. The Morgan fingerprint density at radius 3 is 2.52 bits per heavy atom. The van der Waals surface area contributed by atoms with Gasteiger partial charge in [0, 0.05) is 12.5 Å². The van der Waals surface area contributed by atoms with Crippen molar-refractivity contribution < 1.29 is 17.9 Å². The van der Waals surface area contributed by atoms with Crippen molar-refractivity contribution in [2.45, 2.75) is 30.7 Å². The maximum absolute atomic E-state index is 12.6. The van der Waals surface area contributed by atoms with E-state index >= 15 is 0 Å². The first kappa shape index (κ1) is 17.4. The van der Waals surface area contributed by atoms with E-state index in [1.807, 2.05) is 30.3 Å². The van der Waals surface area contributed by atoms with Crippen LogP contribution in [0, 0.1) is 0 Å². The summed E-state index contributed by atoms with van der Waals surface area (Å²) in [6, 6.07) is 12.8. The van der Waals surface area contributed by atoms with Crippen LogP contribution in [0.2, 0.25) is 0 Å². The lowest BCUT2D eigenvalue weighted by molar-refractivity contribution is -0.118. The molecule has 2 N–H and O–H groups in total. The van der Waals surface area contributed by atoms with E-state index in [9.17, 15) is 13.2 Å². The summed E-state index contributed by atoms with van der Waals surface area (Å²) in [6.07, 6.45) is 1.68. The number of ether oxygens (including phenoxy) is 1. The molecule has 1 aliphatic rings. The summed E-state index contributed by atoms with van der Waals surface area (Å²) >= 11 is 0. The summed E-state index contributed by atoms with van der Waals surface area (Å²) in [6.45, 7) is 0.421. The molecule has 0 saturated carbocycles. The molecule has 0 spiro atoms. The van der Waals surface area contributed by atoms with Crippen molar-refractivity contribution in [1.29, 1.82) is 0 Å². The molecule has 1 aliphatic heterocycles. The maximum atomic E-state index is 12.6. The number of rotatable bonds is 4. The molecular weight excluding hydrogens is 340 g/mol. The number of carbonyl (C=O) groups excluding carboxylic acids is 1. The van der Waals surface area contributed by atoms with Gasteiger partial charge in [0.15, 0.2) is 0 Å². The van der Waals surface area contributed by atoms with Crippen LogP contribution in [0.3, 0.4) is 0 Å². The van der Waals surface area contributed by atoms with Gasteiger partial charge in [0.05, 0.1) is 19.3 Å². The van der Waals surface area contributed by atoms with Crippen LogP contribution < -0.4 is 14.8 Å². The molecule has 3 rings (SSSR count). The molecular formula is C18H20N2O4S. The van der Waals surface area contributed by atoms with Crippen LogP contribution in [-0.4, -0.2) is 21.4 Å². The lowest BCUT2D eigenvalue weighted by Crippen LogP contribution is -2.29. The minimum Gasteiger partial charge on any atom is -0.495 e. The van der Waals surface area contributed by atoms with Gasteiger partial charge in [-0.15, -0.1) is 0 Å². The van der Waals surface area contributed by atoms with Crippen LogP contribution in [-0.2, 0) is 27.8 Å². The number of nitrogens with zero attached hydrogens (tertiary/aromatic N) is 1. The number of aryl methyl sites for hydroxylation is 1. The van der Waals surface area contributed by atoms with E-state index in [0.29, 0.717) is 31.5 Å². The largest absolute Gasteiger partial charge is 0.495 e. The summed E-state index contributed by atoms with van der Waals surface area (Å²) in [4.78, 5) is 14.2. The number of nitrogens with two attached hydrogens (primary N) is 1. The zero-order chi connectivity index (χ0) is 18.0. The normalized spacial score (nSPS) is 14.8. The van der Waals surface area contributed by atoms with E-state index in [1.165, 1.54) is 13.2 Å². The fraction of sp³-hybridized carbons (Fsp3) is 0.278. The Hall–Kier alpha value is -2.38. The van der Waals surface area contributed by atoms with Crippen LogP contribution >= 0.6 is 0 Å². The van der Waals surface area contributed by atoms with Gasteiger partial charge in [-0.25, -0.2) is 13.6 Å². The van der Waals surface area contributed by atoms with Gasteiger partial charge in [-0.1, -0.05) is 30.3 Å². The Kier molecular flexibility index (Phi) is 4.78. The number of fused-ring (bicyclic) bond motifs is 1. The summed E-state index contributed by atoms with van der Waals surface area (Å²) < 4.78 is 28.9. The van der Waals surface area contributed by atoms with Gasteiger partial charge in [0.25, 0.3) is 0 Å². The molecule has 2 aromatic carbocycles. The Bertz CT molecular complexity index is 895. The molecule has 7 heteroatoms. The minimum atomic E-state index is -3.91. The van der Waals surface area contributed by atoms with Crippen LogP contribution in [0.4, 0.5) is 5.69 Å². The third kappa shape index (κ3) is 3.67. The highest BCUT2D eigenvalue weighted by atomic mass is 32.2. The number of amides is 1. The van der Waals surface area contributed by atoms with Gasteiger partial charge < -0.3 is 9.64 Å². The lowest BCUT2D eigenvalue weighted by Gasteiger charge is -2.24. The number of primary sulfonamides is 1. The van der Waals surface area contributed by atoms with Gasteiger partial charge in [-0.3, -0.25) is 4.79 Å². The number of anilines is 1. The molecule has 0 unspecified atom stereocenters. The summed E-state index contributed by atoms with van der Waals surface area (Å²) in [5.41, 5.74) is 2.46. The summed E-state index contributed by atoms with van der Waals surface area (Å²) in [5, 5.41) is 5.30. The van der Waals surface area contributed by atoms with E-state index in [2.05, 4.69) is 0 Å². The Balaban J connectivity index is 2.11. The molecule has 0 aliphatic carbocycles. The lowest BCUT2D eigenvalue weighted by atomic mass is 10.1. The van der Waals surface area contributed by atoms with E-state index < -0.39 is 10.0 Å². The Morgan fingerprint density at radius 1 is 1.16 bits per heavy atom. The van der Waals surface area contributed by atoms with Crippen LogP contribution in [0.25, 0.3) is 0 Å². The molecule has 25 heavy (non-hydrogen) atoms. The SMILES string of the molecule is COc1cc2c(cc1S(N)(=O)=O)CCCC(=O)N2Cc1ccccc1.